The van der Waals surface area contributed by atoms with Crippen LogP contribution in [0.5, 0.6) is 11.5 Å². The number of alkyl halides is 6. The molecule has 4 aromatic carbocycles. The van der Waals surface area contributed by atoms with Crippen LogP contribution in [0, 0.1) is 68.6 Å². The van der Waals surface area contributed by atoms with Crippen molar-refractivity contribution in [3.63, 3.8) is 0 Å². The Hall–Kier alpha value is -6.52. The molecule has 0 amide bonds. The molecule has 0 unspecified atom stereocenters. The molecule has 5 rings (SSSR count). The number of hydrogen-bond acceptors (Lipinski definition) is 6. The van der Waals surface area contributed by atoms with E-state index >= 15 is 17.6 Å². The first-order valence-electron chi connectivity index (χ1n) is 12.7. The van der Waals surface area contributed by atoms with Gasteiger partial charge < -0.3 is 9.47 Å². The number of rotatable bonds is 4. The Kier molecular flexibility index (Phi) is 8.00. The maximum atomic E-state index is 15.2. The smallest absolute Gasteiger partial charge is 0.405 e. The zero-order valence-electron chi connectivity index (χ0n) is 23.0. The summed E-state index contributed by atoms with van der Waals surface area (Å²) in [6, 6.07) is 10.3. The Balaban J connectivity index is 1.95. The van der Waals surface area contributed by atoms with Gasteiger partial charge in [0.25, 0.3) is 0 Å². The summed E-state index contributed by atoms with van der Waals surface area (Å²) < 4.78 is 150. The van der Waals surface area contributed by atoms with E-state index in [2.05, 4.69) is 9.47 Å². The molecule has 6 nitrogen and oxygen atoms in total. The fourth-order valence-electron chi connectivity index (χ4n) is 5.17. The molecular weight excluding hydrogens is 662 g/mol. The summed E-state index contributed by atoms with van der Waals surface area (Å²) in [5, 5.41) is 37.4. The second kappa shape index (κ2) is 11.7. The minimum Gasteiger partial charge on any atom is -0.405 e. The lowest BCUT2D eigenvalue weighted by atomic mass is 9.93. The summed E-state index contributed by atoms with van der Waals surface area (Å²) in [6.07, 6.45) is -11.0. The van der Waals surface area contributed by atoms with Crippen LogP contribution in [-0.2, 0) is 0 Å². The van der Waals surface area contributed by atoms with Gasteiger partial charge in [-0.25, -0.2) is 17.6 Å². The van der Waals surface area contributed by atoms with Crippen molar-refractivity contribution in [2.45, 2.75) is 12.7 Å². The quantitative estimate of drug-likeness (QED) is 0.139. The maximum absolute atomic E-state index is 15.2. The maximum Gasteiger partial charge on any atom is 0.573 e. The average molecular weight is 670 g/mol. The van der Waals surface area contributed by atoms with Crippen molar-refractivity contribution in [1.29, 1.82) is 21.0 Å². The van der Waals surface area contributed by atoms with Gasteiger partial charge in [0.15, 0.2) is 0 Å². The SMILES string of the molecule is N#CC(C#N)=C1c2cc(OC(F)(F)F)c(-c3c(F)cc(C#N)cc3F)cc2-c2cc(-c3c(F)cc(C#N)cc3F)c(OC(F)(F)F)cc21. The predicted octanol–water partition coefficient (Wildman–Crippen LogP) is 8.95. The molecular formula is C32H8F10N4O2. The van der Waals surface area contributed by atoms with Crippen LogP contribution in [-0.4, -0.2) is 12.7 Å². The van der Waals surface area contributed by atoms with E-state index in [-0.39, 0.29) is 11.1 Å². The molecule has 0 bridgehead atoms. The van der Waals surface area contributed by atoms with Gasteiger partial charge in [0.2, 0.25) is 0 Å². The first-order chi connectivity index (χ1) is 22.5. The lowest BCUT2D eigenvalue weighted by Crippen LogP contribution is -2.18. The predicted molar refractivity (Wildman–Crippen MR) is 143 cm³/mol. The third-order valence-electron chi connectivity index (χ3n) is 6.87. The van der Waals surface area contributed by atoms with Crippen molar-refractivity contribution in [2.75, 3.05) is 0 Å². The van der Waals surface area contributed by atoms with Crippen molar-refractivity contribution < 1.29 is 53.4 Å². The highest BCUT2D eigenvalue weighted by Gasteiger charge is 2.39. The van der Waals surface area contributed by atoms with Crippen molar-refractivity contribution in [2.24, 2.45) is 0 Å². The number of ether oxygens (including phenoxy) is 2. The van der Waals surface area contributed by atoms with Crippen LogP contribution in [0.4, 0.5) is 43.9 Å². The van der Waals surface area contributed by atoms with E-state index in [1.807, 2.05) is 0 Å². The molecule has 0 aromatic heterocycles. The third kappa shape index (κ3) is 5.91. The van der Waals surface area contributed by atoms with Crippen LogP contribution in [0.1, 0.15) is 22.3 Å². The van der Waals surface area contributed by atoms with Gasteiger partial charge in [-0.2, -0.15) is 21.0 Å². The van der Waals surface area contributed by atoms with Gasteiger partial charge in [0.1, 0.15) is 52.5 Å². The fourth-order valence-corrected chi connectivity index (χ4v) is 5.17. The molecule has 0 atom stereocenters. The topological polar surface area (TPSA) is 114 Å². The van der Waals surface area contributed by atoms with Gasteiger partial charge in [0, 0.05) is 16.7 Å². The zero-order valence-corrected chi connectivity index (χ0v) is 23.0. The lowest BCUT2D eigenvalue weighted by molar-refractivity contribution is -0.275. The highest BCUT2D eigenvalue weighted by atomic mass is 19.4. The molecule has 0 saturated heterocycles. The number of benzene rings is 4. The minimum atomic E-state index is -5.50. The Bertz CT molecular complexity index is 2060. The second-order valence-electron chi connectivity index (χ2n) is 9.71. The van der Waals surface area contributed by atoms with E-state index in [4.69, 9.17) is 10.5 Å². The van der Waals surface area contributed by atoms with E-state index in [0.717, 1.165) is 0 Å². The fraction of sp³-hybridized carbons (Fsp3) is 0.0625. The van der Waals surface area contributed by atoms with Crippen molar-refractivity contribution in [3.05, 3.63) is 99.6 Å². The standard InChI is InChI=1S/C32H8F10N4O2/c33-22-1-13(9-43)2-23(34)29(22)20-5-16-17-6-21(30-24(35)3-14(10-44)4-25(30)36)27(48-32(40,41)42)8-19(17)28(15(11-45)12-46)18(16)7-26(20)47-31(37,38)39/h1-8H. The van der Waals surface area contributed by atoms with Gasteiger partial charge >= 0.3 is 12.7 Å². The first-order valence-corrected chi connectivity index (χ1v) is 12.7. The van der Waals surface area contributed by atoms with E-state index in [9.17, 15) is 36.9 Å². The zero-order chi connectivity index (χ0) is 35.3. The number of halogens is 10. The van der Waals surface area contributed by atoms with Crippen LogP contribution in [0.15, 0.2) is 54.1 Å². The van der Waals surface area contributed by atoms with E-state index in [0.29, 0.717) is 48.5 Å². The van der Waals surface area contributed by atoms with E-state index < -0.39 is 103 Å². The molecule has 16 heteroatoms. The molecule has 0 fully saturated rings. The Morgan fingerprint density at radius 2 is 0.812 bits per heavy atom. The summed E-state index contributed by atoms with van der Waals surface area (Å²) >= 11 is 0. The molecule has 1 aliphatic carbocycles. The van der Waals surface area contributed by atoms with Gasteiger partial charge in [0.05, 0.1) is 34.4 Å². The van der Waals surface area contributed by atoms with Gasteiger partial charge in [-0.1, -0.05) is 0 Å². The number of allylic oxidation sites excluding steroid dienone is 1. The van der Waals surface area contributed by atoms with Crippen LogP contribution >= 0.6 is 0 Å². The summed E-state index contributed by atoms with van der Waals surface area (Å²) in [7, 11) is 0. The Morgan fingerprint density at radius 3 is 1.08 bits per heavy atom. The van der Waals surface area contributed by atoms with E-state index in [1.165, 1.54) is 24.3 Å². The molecule has 0 saturated carbocycles. The third-order valence-corrected chi connectivity index (χ3v) is 6.87. The summed E-state index contributed by atoms with van der Waals surface area (Å²) in [6.45, 7) is 0. The minimum absolute atomic E-state index is 0.370. The highest BCUT2D eigenvalue weighted by molar-refractivity contribution is 6.07. The van der Waals surface area contributed by atoms with Crippen molar-refractivity contribution >= 4 is 5.57 Å². The molecule has 1 aliphatic rings. The average Bonchev–Trinajstić information content (AvgIpc) is 3.27. The van der Waals surface area contributed by atoms with Gasteiger partial charge in [-0.3, -0.25) is 0 Å². The highest BCUT2D eigenvalue weighted by Crippen LogP contribution is 2.54. The van der Waals surface area contributed by atoms with Gasteiger partial charge in [-0.05, 0) is 70.8 Å². The van der Waals surface area contributed by atoms with Gasteiger partial charge in [-0.15, -0.1) is 26.3 Å². The monoisotopic (exact) mass is 670 g/mol. The largest absolute Gasteiger partial charge is 0.573 e. The molecule has 0 radical (unpaired) electrons. The summed E-state index contributed by atoms with van der Waals surface area (Å²) in [5.41, 5.74) is -8.43. The summed E-state index contributed by atoms with van der Waals surface area (Å²) in [5.74, 6) is -8.70. The molecule has 0 N–H and O–H groups in total. The normalized spacial score (nSPS) is 11.8. The molecule has 0 heterocycles. The molecule has 238 valence electrons. The number of fused-ring (bicyclic) bond motifs is 3. The summed E-state index contributed by atoms with van der Waals surface area (Å²) in [4.78, 5) is 0. The Morgan fingerprint density at radius 1 is 0.479 bits per heavy atom. The second-order valence-corrected chi connectivity index (χ2v) is 9.71. The number of nitriles is 4. The molecule has 4 aromatic rings. The lowest BCUT2D eigenvalue weighted by Gasteiger charge is -2.18. The molecule has 48 heavy (non-hydrogen) atoms. The van der Waals surface area contributed by atoms with Crippen LogP contribution in [0.3, 0.4) is 0 Å². The Labute approximate surface area is 261 Å². The first kappa shape index (κ1) is 32.9. The van der Waals surface area contributed by atoms with Crippen LogP contribution in [0.2, 0.25) is 0 Å². The van der Waals surface area contributed by atoms with Crippen LogP contribution in [0.25, 0.3) is 39.0 Å². The van der Waals surface area contributed by atoms with E-state index in [1.54, 1.807) is 0 Å². The number of nitrogens with zero attached hydrogens (tertiary/aromatic N) is 4. The van der Waals surface area contributed by atoms with Crippen molar-refractivity contribution in [3.8, 4) is 69.2 Å². The molecule has 0 aliphatic heterocycles. The number of hydrogen-bond donors (Lipinski definition) is 0. The molecule has 0 spiro atoms. The van der Waals surface area contributed by atoms with Crippen LogP contribution < -0.4 is 9.47 Å². The van der Waals surface area contributed by atoms with Crippen molar-refractivity contribution in [1.82, 2.24) is 0 Å².